The van der Waals surface area contributed by atoms with Crippen LogP contribution in [-0.2, 0) is 0 Å². The molecule has 3 N–H and O–H groups in total. The number of hydrogen-bond acceptors (Lipinski definition) is 5. The second-order valence-electron chi connectivity index (χ2n) is 2.09. The first-order chi connectivity index (χ1) is 6.29. The summed E-state index contributed by atoms with van der Waals surface area (Å²) in [5.41, 5.74) is 1.33. The molecule has 0 radical (unpaired) electrons. The molecule has 0 saturated heterocycles. The van der Waals surface area contributed by atoms with Crippen molar-refractivity contribution >= 4 is 17.0 Å². The monoisotopic (exact) mass is 177 g/mol. The van der Waals surface area contributed by atoms with Gasteiger partial charge in [0.2, 0.25) is 0 Å². The molecule has 0 aliphatic heterocycles. The molecule has 6 nitrogen and oxygen atoms in total. The zero-order valence-corrected chi connectivity index (χ0v) is 6.60. The predicted molar refractivity (Wildman–Crippen MR) is 45.2 cm³/mol. The number of benzene rings is 1. The number of nitrogens with one attached hydrogen (secondary N) is 2. The van der Waals surface area contributed by atoms with Crippen molar-refractivity contribution in [3.8, 4) is 0 Å². The fraction of sp³-hybridized carbons (Fsp3) is 0. The SMILES string of the molecule is N=C=N.On1nnc2ccccc21. The Balaban J connectivity index is 0.000000251. The number of nitrogens with zero attached hydrogens (tertiary/aromatic N) is 3. The Morgan fingerprint density at radius 3 is 2.54 bits per heavy atom. The first-order valence-electron chi connectivity index (χ1n) is 3.37. The van der Waals surface area contributed by atoms with Crippen LogP contribution in [0.1, 0.15) is 0 Å². The summed E-state index contributed by atoms with van der Waals surface area (Å²) in [6.45, 7) is 0. The van der Waals surface area contributed by atoms with Gasteiger partial charge in [-0.15, -0.1) is 5.10 Å². The van der Waals surface area contributed by atoms with E-state index in [4.69, 9.17) is 16.0 Å². The fourth-order valence-corrected chi connectivity index (χ4v) is 0.857. The van der Waals surface area contributed by atoms with Crippen LogP contribution >= 0.6 is 0 Å². The highest BCUT2D eigenvalue weighted by Gasteiger charge is 1.98. The minimum atomic E-state index is 0.627. The van der Waals surface area contributed by atoms with Crippen LogP contribution in [-0.4, -0.2) is 26.4 Å². The van der Waals surface area contributed by atoms with Gasteiger partial charge in [0.1, 0.15) is 11.0 Å². The smallest absolute Gasteiger partial charge is 0.130 e. The van der Waals surface area contributed by atoms with Crippen molar-refractivity contribution in [2.24, 2.45) is 0 Å². The maximum absolute atomic E-state index is 8.95. The van der Waals surface area contributed by atoms with Crippen LogP contribution in [0, 0.1) is 10.8 Å². The third kappa shape index (κ3) is 1.88. The molecule has 2 aromatic rings. The summed E-state index contributed by atoms with van der Waals surface area (Å²) in [7, 11) is 0. The van der Waals surface area contributed by atoms with Crippen LogP contribution in [0.25, 0.3) is 11.0 Å². The van der Waals surface area contributed by atoms with Gasteiger partial charge in [-0.25, -0.2) is 10.8 Å². The van der Waals surface area contributed by atoms with Crippen molar-refractivity contribution in [2.45, 2.75) is 0 Å². The fourth-order valence-electron chi connectivity index (χ4n) is 0.857. The molecule has 0 amide bonds. The molecule has 1 aromatic carbocycles. The van der Waals surface area contributed by atoms with E-state index in [0.29, 0.717) is 11.0 Å². The van der Waals surface area contributed by atoms with Gasteiger partial charge in [-0.05, 0) is 17.3 Å². The topological polar surface area (TPSA) is 98.6 Å². The summed E-state index contributed by atoms with van der Waals surface area (Å²) in [5.74, 6) is 0. The lowest BCUT2D eigenvalue weighted by atomic mass is 10.3. The summed E-state index contributed by atoms with van der Waals surface area (Å²) in [4.78, 5) is 0.759. The van der Waals surface area contributed by atoms with E-state index in [9.17, 15) is 0 Å². The average Bonchev–Trinajstić information content (AvgIpc) is 2.50. The lowest BCUT2D eigenvalue weighted by molar-refractivity contribution is 0.155. The number of para-hydroxylation sites is 1. The lowest BCUT2D eigenvalue weighted by Crippen LogP contribution is -1.90. The Hall–Kier alpha value is -2.20. The number of hydrogen-bond donors (Lipinski definition) is 3. The molecular formula is C7H7N5O. The van der Waals surface area contributed by atoms with Crippen molar-refractivity contribution < 1.29 is 5.21 Å². The van der Waals surface area contributed by atoms with Gasteiger partial charge >= 0.3 is 0 Å². The summed E-state index contributed by atoms with van der Waals surface area (Å²) < 4.78 is 0. The first kappa shape index (κ1) is 8.89. The highest BCUT2D eigenvalue weighted by molar-refractivity contribution is 5.73. The van der Waals surface area contributed by atoms with Gasteiger partial charge in [-0.1, -0.05) is 17.0 Å². The molecule has 0 atom stereocenters. The Labute approximate surface area is 73.4 Å². The standard InChI is InChI=1S/C6H5N3O.CH2N2/c10-9-6-4-2-1-3-5(6)7-8-9;2-1-3/h1-4,10H;2-3H. The van der Waals surface area contributed by atoms with Crippen LogP contribution in [0.3, 0.4) is 0 Å². The van der Waals surface area contributed by atoms with E-state index in [-0.39, 0.29) is 0 Å². The molecule has 0 saturated carbocycles. The van der Waals surface area contributed by atoms with Crippen molar-refractivity contribution in [3.63, 3.8) is 0 Å². The Bertz CT molecular complexity index is 429. The predicted octanol–water partition coefficient (Wildman–Crippen LogP) is 0.986. The maximum atomic E-state index is 8.95. The molecular weight excluding hydrogens is 170 g/mol. The highest BCUT2D eigenvalue weighted by Crippen LogP contribution is 2.06. The second-order valence-corrected chi connectivity index (χ2v) is 2.09. The van der Waals surface area contributed by atoms with Gasteiger partial charge < -0.3 is 5.21 Å². The van der Waals surface area contributed by atoms with Crippen LogP contribution in [0.2, 0.25) is 0 Å². The summed E-state index contributed by atoms with van der Waals surface area (Å²) in [6.07, 6.45) is 0. The van der Waals surface area contributed by atoms with Gasteiger partial charge in [0.15, 0.2) is 0 Å². The van der Waals surface area contributed by atoms with E-state index >= 15 is 0 Å². The van der Waals surface area contributed by atoms with E-state index in [0.717, 1.165) is 4.85 Å². The minimum Gasteiger partial charge on any atom is -0.410 e. The van der Waals surface area contributed by atoms with Gasteiger partial charge in [0.25, 0.3) is 0 Å². The van der Waals surface area contributed by atoms with E-state index in [2.05, 4.69) is 10.3 Å². The number of rotatable bonds is 0. The molecule has 1 aromatic heterocycles. The van der Waals surface area contributed by atoms with Gasteiger partial charge in [-0.3, -0.25) is 0 Å². The second kappa shape index (κ2) is 3.99. The Morgan fingerprint density at radius 1 is 1.31 bits per heavy atom. The zero-order chi connectivity index (χ0) is 9.68. The van der Waals surface area contributed by atoms with Crippen LogP contribution in [0.4, 0.5) is 0 Å². The molecule has 0 unspecified atom stereocenters. The Morgan fingerprint density at radius 2 is 1.92 bits per heavy atom. The normalized spacial score (nSPS) is 8.62. The van der Waals surface area contributed by atoms with Crippen molar-refractivity contribution in [1.29, 1.82) is 10.8 Å². The Kier molecular flexibility index (Phi) is 2.73. The van der Waals surface area contributed by atoms with E-state index in [1.807, 2.05) is 12.1 Å². The van der Waals surface area contributed by atoms with Crippen LogP contribution in [0.15, 0.2) is 24.3 Å². The van der Waals surface area contributed by atoms with Gasteiger partial charge in [0, 0.05) is 0 Å². The molecule has 0 bridgehead atoms. The summed E-state index contributed by atoms with van der Waals surface area (Å²) in [6, 6.07) is 8.44. The van der Waals surface area contributed by atoms with Crippen molar-refractivity contribution in [3.05, 3.63) is 24.3 Å². The highest BCUT2D eigenvalue weighted by atomic mass is 16.5. The molecule has 0 aliphatic rings. The van der Waals surface area contributed by atoms with Crippen LogP contribution < -0.4 is 0 Å². The summed E-state index contributed by atoms with van der Waals surface area (Å²) in [5, 5.41) is 27.3. The van der Waals surface area contributed by atoms with E-state index in [1.54, 1.807) is 12.1 Å². The lowest BCUT2D eigenvalue weighted by Gasteiger charge is -1.85. The van der Waals surface area contributed by atoms with Crippen molar-refractivity contribution in [2.75, 3.05) is 0 Å². The third-order valence-electron chi connectivity index (χ3n) is 1.33. The minimum absolute atomic E-state index is 0.627. The molecule has 13 heavy (non-hydrogen) atoms. The molecule has 66 valence electrons. The molecule has 6 heteroatoms. The molecule has 0 fully saturated rings. The summed E-state index contributed by atoms with van der Waals surface area (Å²) >= 11 is 0. The zero-order valence-electron chi connectivity index (χ0n) is 6.60. The van der Waals surface area contributed by atoms with E-state index < -0.39 is 0 Å². The van der Waals surface area contributed by atoms with Gasteiger partial charge in [-0.2, -0.15) is 0 Å². The number of fused-ring (bicyclic) bond motifs is 1. The van der Waals surface area contributed by atoms with Crippen LogP contribution in [0.5, 0.6) is 0 Å². The van der Waals surface area contributed by atoms with E-state index in [1.165, 1.54) is 6.01 Å². The molecule has 0 spiro atoms. The quantitative estimate of drug-likeness (QED) is 0.413. The van der Waals surface area contributed by atoms with Crippen molar-refractivity contribution in [1.82, 2.24) is 15.2 Å². The first-order valence-corrected chi connectivity index (χ1v) is 3.37. The number of aromatic nitrogens is 3. The molecule has 2 rings (SSSR count). The molecule has 0 aliphatic carbocycles. The average molecular weight is 177 g/mol. The largest absolute Gasteiger partial charge is 0.410 e. The molecule has 1 heterocycles. The maximum Gasteiger partial charge on any atom is 0.130 e. The third-order valence-corrected chi connectivity index (χ3v) is 1.33. The van der Waals surface area contributed by atoms with Gasteiger partial charge in [0.05, 0.1) is 6.01 Å².